The van der Waals surface area contributed by atoms with Crippen molar-refractivity contribution in [3.8, 4) is 17.2 Å². The van der Waals surface area contributed by atoms with Crippen molar-refractivity contribution in [1.82, 2.24) is 5.32 Å². The number of rotatable bonds is 9. The number of hydrogen-bond donors (Lipinski definition) is 1. The number of carbonyl (C=O) groups is 1. The summed E-state index contributed by atoms with van der Waals surface area (Å²) in [6, 6.07) is 13.5. The first-order valence-corrected chi connectivity index (χ1v) is 8.75. The fraction of sp³-hybridized carbons (Fsp3) is 0.381. The van der Waals surface area contributed by atoms with Crippen LogP contribution in [0.5, 0.6) is 17.2 Å². The predicted molar refractivity (Wildman–Crippen MR) is 102 cm³/mol. The second-order valence-corrected chi connectivity index (χ2v) is 5.99. The minimum atomic E-state index is -0.0572. The number of ether oxygens (including phenoxy) is 3. The van der Waals surface area contributed by atoms with Gasteiger partial charge in [0.2, 0.25) is 5.91 Å². The molecule has 0 bridgehead atoms. The van der Waals surface area contributed by atoms with Crippen molar-refractivity contribution in [1.29, 1.82) is 0 Å². The summed E-state index contributed by atoms with van der Waals surface area (Å²) < 4.78 is 15.8. The van der Waals surface area contributed by atoms with E-state index in [1.807, 2.05) is 49.4 Å². The lowest BCUT2D eigenvalue weighted by molar-refractivity contribution is -0.121. The Kier molecular flexibility index (Phi) is 7.33. The molecule has 0 radical (unpaired) electrons. The van der Waals surface area contributed by atoms with Crippen molar-refractivity contribution in [2.24, 2.45) is 0 Å². The van der Waals surface area contributed by atoms with Crippen LogP contribution in [0.4, 0.5) is 0 Å². The van der Waals surface area contributed by atoms with Gasteiger partial charge in [0.05, 0.1) is 27.4 Å². The molecular formula is C21H27NO4. The van der Waals surface area contributed by atoms with E-state index < -0.39 is 0 Å². The van der Waals surface area contributed by atoms with E-state index in [4.69, 9.17) is 14.2 Å². The maximum Gasteiger partial charge on any atom is 0.220 e. The highest BCUT2D eigenvalue weighted by Crippen LogP contribution is 2.30. The number of nitrogens with one attached hydrogen (secondary N) is 1. The van der Waals surface area contributed by atoms with Gasteiger partial charge in [0.1, 0.15) is 5.75 Å². The molecule has 0 aliphatic carbocycles. The number of amides is 1. The molecule has 0 aromatic heterocycles. The van der Waals surface area contributed by atoms with Crippen molar-refractivity contribution in [3.63, 3.8) is 0 Å². The molecule has 5 nitrogen and oxygen atoms in total. The summed E-state index contributed by atoms with van der Waals surface area (Å²) in [6.07, 6.45) is 1.93. The summed E-state index contributed by atoms with van der Waals surface area (Å²) in [6.45, 7) is 2.05. The third kappa shape index (κ3) is 5.15. The lowest BCUT2D eigenvalue weighted by Crippen LogP contribution is -2.28. The molecule has 1 unspecified atom stereocenters. The van der Waals surface area contributed by atoms with Crippen LogP contribution in [-0.4, -0.2) is 27.2 Å². The smallest absolute Gasteiger partial charge is 0.220 e. The molecule has 1 atom stereocenters. The molecule has 26 heavy (non-hydrogen) atoms. The molecule has 5 heteroatoms. The van der Waals surface area contributed by atoms with Crippen LogP contribution < -0.4 is 19.5 Å². The zero-order chi connectivity index (χ0) is 18.9. The molecule has 0 spiro atoms. The second kappa shape index (κ2) is 9.70. The number of aryl methyl sites for hydroxylation is 1. The summed E-state index contributed by atoms with van der Waals surface area (Å²) in [7, 11) is 4.85. The normalized spacial score (nSPS) is 11.5. The van der Waals surface area contributed by atoms with Crippen LogP contribution >= 0.6 is 0 Å². The molecule has 1 N–H and O–H groups in total. The Morgan fingerprint density at radius 3 is 2.23 bits per heavy atom. The number of benzene rings is 2. The first-order chi connectivity index (χ1) is 12.6. The van der Waals surface area contributed by atoms with Gasteiger partial charge in [-0.3, -0.25) is 4.79 Å². The molecule has 0 saturated carbocycles. The maximum absolute atomic E-state index is 12.4. The Balaban J connectivity index is 1.96. The number of carbonyl (C=O) groups excluding carboxylic acids is 1. The minimum Gasteiger partial charge on any atom is -0.497 e. The number of methoxy groups -OCH3 is 3. The molecule has 2 aromatic carbocycles. The third-order valence-electron chi connectivity index (χ3n) is 4.35. The highest BCUT2D eigenvalue weighted by molar-refractivity contribution is 5.76. The van der Waals surface area contributed by atoms with Crippen LogP contribution in [0.15, 0.2) is 42.5 Å². The Bertz CT molecular complexity index is 712. The number of hydrogen-bond acceptors (Lipinski definition) is 4. The van der Waals surface area contributed by atoms with Gasteiger partial charge in [-0.1, -0.05) is 25.1 Å². The highest BCUT2D eigenvalue weighted by atomic mass is 16.5. The van der Waals surface area contributed by atoms with Crippen molar-refractivity contribution in [2.75, 3.05) is 21.3 Å². The molecule has 1 amide bonds. The molecule has 0 aliphatic heterocycles. The van der Waals surface area contributed by atoms with Crippen molar-refractivity contribution in [3.05, 3.63) is 53.6 Å². The first-order valence-electron chi connectivity index (χ1n) is 8.75. The summed E-state index contributed by atoms with van der Waals surface area (Å²) in [5, 5.41) is 3.10. The van der Waals surface area contributed by atoms with Crippen molar-refractivity contribution < 1.29 is 19.0 Å². The fourth-order valence-electron chi connectivity index (χ4n) is 2.81. The molecule has 0 fully saturated rings. The summed E-state index contributed by atoms with van der Waals surface area (Å²) in [5.41, 5.74) is 2.11. The third-order valence-corrected chi connectivity index (χ3v) is 4.35. The van der Waals surface area contributed by atoms with Gasteiger partial charge in [0, 0.05) is 6.42 Å². The van der Waals surface area contributed by atoms with Crippen LogP contribution in [0.25, 0.3) is 0 Å². The van der Waals surface area contributed by atoms with Gasteiger partial charge < -0.3 is 19.5 Å². The van der Waals surface area contributed by atoms with E-state index in [-0.39, 0.29) is 11.9 Å². The van der Waals surface area contributed by atoms with Gasteiger partial charge in [0.25, 0.3) is 0 Å². The van der Waals surface area contributed by atoms with Crippen LogP contribution in [0.2, 0.25) is 0 Å². The van der Waals surface area contributed by atoms with Crippen LogP contribution in [-0.2, 0) is 11.2 Å². The topological polar surface area (TPSA) is 56.8 Å². The Labute approximate surface area is 155 Å². The van der Waals surface area contributed by atoms with Gasteiger partial charge in [-0.25, -0.2) is 0 Å². The molecule has 0 heterocycles. The summed E-state index contributed by atoms with van der Waals surface area (Å²) >= 11 is 0. The summed E-state index contributed by atoms with van der Waals surface area (Å²) in [5.74, 6) is 2.19. The van der Waals surface area contributed by atoms with E-state index >= 15 is 0 Å². The zero-order valence-electron chi connectivity index (χ0n) is 15.9. The monoisotopic (exact) mass is 357 g/mol. The SMILES string of the molecule is CCC(NC(=O)CCc1ccc(OC)cc1)c1ccc(OC)c(OC)c1. The van der Waals surface area contributed by atoms with E-state index in [0.29, 0.717) is 24.3 Å². The highest BCUT2D eigenvalue weighted by Gasteiger charge is 2.15. The second-order valence-electron chi connectivity index (χ2n) is 5.99. The lowest BCUT2D eigenvalue weighted by Gasteiger charge is -2.19. The van der Waals surface area contributed by atoms with Gasteiger partial charge in [-0.15, -0.1) is 0 Å². The van der Waals surface area contributed by atoms with Crippen LogP contribution in [0, 0.1) is 0 Å². The zero-order valence-corrected chi connectivity index (χ0v) is 15.9. The quantitative estimate of drug-likeness (QED) is 0.739. The molecule has 140 valence electrons. The van der Waals surface area contributed by atoms with Gasteiger partial charge in [-0.2, -0.15) is 0 Å². The average molecular weight is 357 g/mol. The van der Waals surface area contributed by atoms with Crippen LogP contribution in [0.3, 0.4) is 0 Å². The Morgan fingerprint density at radius 1 is 0.962 bits per heavy atom. The first kappa shape index (κ1) is 19.6. The van der Waals surface area contributed by atoms with Crippen LogP contribution in [0.1, 0.15) is 36.9 Å². The summed E-state index contributed by atoms with van der Waals surface area (Å²) in [4.78, 5) is 12.4. The molecular weight excluding hydrogens is 330 g/mol. The largest absolute Gasteiger partial charge is 0.497 e. The predicted octanol–water partition coefficient (Wildman–Crippen LogP) is 3.91. The van der Waals surface area contributed by atoms with E-state index in [9.17, 15) is 4.79 Å². The lowest BCUT2D eigenvalue weighted by atomic mass is 10.0. The fourth-order valence-corrected chi connectivity index (χ4v) is 2.81. The minimum absolute atomic E-state index is 0.0300. The van der Waals surface area contributed by atoms with E-state index in [0.717, 1.165) is 23.3 Å². The van der Waals surface area contributed by atoms with Crippen molar-refractivity contribution in [2.45, 2.75) is 32.2 Å². The Morgan fingerprint density at radius 2 is 1.65 bits per heavy atom. The average Bonchev–Trinajstić information content (AvgIpc) is 2.70. The van der Waals surface area contributed by atoms with E-state index in [1.54, 1.807) is 21.3 Å². The van der Waals surface area contributed by atoms with Gasteiger partial charge in [-0.05, 0) is 48.2 Å². The van der Waals surface area contributed by atoms with Gasteiger partial charge >= 0.3 is 0 Å². The molecule has 2 aromatic rings. The molecule has 0 aliphatic rings. The molecule has 2 rings (SSSR count). The standard InChI is InChI=1S/C21H27NO4/c1-5-18(16-9-12-19(25-3)20(14-16)26-4)22-21(23)13-8-15-6-10-17(24-2)11-7-15/h6-7,9-12,14,18H,5,8,13H2,1-4H3,(H,22,23). The van der Waals surface area contributed by atoms with E-state index in [2.05, 4.69) is 5.32 Å². The molecule has 0 saturated heterocycles. The maximum atomic E-state index is 12.4. The Hall–Kier alpha value is -2.69. The van der Waals surface area contributed by atoms with Crippen molar-refractivity contribution >= 4 is 5.91 Å². The van der Waals surface area contributed by atoms with Gasteiger partial charge in [0.15, 0.2) is 11.5 Å². The van der Waals surface area contributed by atoms with E-state index in [1.165, 1.54) is 0 Å².